The molecule has 0 saturated carbocycles. The molecule has 3 N–H and O–H groups in total. The summed E-state index contributed by atoms with van der Waals surface area (Å²) in [6.45, 7) is 2.90. The maximum absolute atomic E-state index is 12.7. The first kappa shape index (κ1) is 15.3. The molecule has 0 atom stereocenters. The van der Waals surface area contributed by atoms with Crippen molar-refractivity contribution in [2.45, 2.75) is 25.7 Å². The topological polar surface area (TPSA) is 84.7 Å². The first-order valence-electron chi connectivity index (χ1n) is 7.42. The lowest BCUT2D eigenvalue weighted by Gasteiger charge is -2.41. The number of carbonyl (C=O) groups is 2. The number of carbonyl (C=O) groups excluding carboxylic acids is 2. The lowest BCUT2D eigenvalue weighted by atomic mass is 9.78. The van der Waals surface area contributed by atoms with Crippen LogP contribution >= 0.6 is 0 Å². The summed E-state index contributed by atoms with van der Waals surface area (Å²) < 4.78 is 5.35. The largest absolute Gasteiger partial charge is 0.381 e. The number of hydrogen-bond donors (Lipinski definition) is 2. The maximum atomic E-state index is 12.7. The Kier molecular flexibility index (Phi) is 4.99. The summed E-state index contributed by atoms with van der Waals surface area (Å²) in [5.41, 5.74) is 5.43. The molecule has 2 aliphatic heterocycles. The third-order valence-corrected chi connectivity index (χ3v) is 4.69. The Labute approximate surface area is 120 Å². The molecular weight excluding hydrogens is 258 g/mol. The van der Waals surface area contributed by atoms with E-state index >= 15 is 0 Å². The minimum atomic E-state index is -0.446. The second-order valence-electron chi connectivity index (χ2n) is 5.78. The van der Waals surface area contributed by atoms with Gasteiger partial charge in [-0.1, -0.05) is 0 Å². The molecule has 2 amide bonds. The number of likely N-dealkylation sites (tertiary alicyclic amines) is 1. The molecule has 2 heterocycles. The average molecular weight is 283 g/mol. The molecule has 0 aliphatic carbocycles. The molecule has 2 saturated heterocycles. The number of ether oxygens (including phenoxy) is 1. The summed E-state index contributed by atoms with van der Waals surface area (Å²) in [6.07, 6.45) is 2.89. The molecule has 2 aliphatic rings. The van der Waals surface area contributed by atoms with Gasteiger partial charge >= 0.3 is 0 Å². The van der Waals surface area contributed by atoms with Gasteiger partial charge in [-0.15, -0.1) is 0 Å². The van der Waals surface area contributed by atoms with Crippen molar-refractivity contribution in [3.05, 3.63) is 0 Å². The highest BCUT2D eigenvalue weighted by Gasteiger charge is 2.42. The van der Waals surface area contributed by atoms with Crippen molar-refractivity contribution in [3.63, 3.8) is 0 Å². The summed E-state index contributed by atoms with van der Waals surface area (Å²) in [5.74, 6) is 0.267. The lowest BCUT2D eigenvalue weighted by Crippen LogP contribution is -2.53. The Bertz CT molecular complexity index is 359. The molecule has 0 bridgehead atoms. The van der Waals surface area contributed by atoms with Crippen LogP contribution in [0.25, 0.3) is 0 Å². The van der Waals surface area contributed by atoms with Crippen LogP contribution in [0, 0.1) is 11.3 Å². The molecule has 0 aromatic heterocycles. The zero-order chi connectivity index (χ0) is 14.6. The highest BCUT2D eigenvalue weighted by atomic mass is 16.5. The van der Waals surface area contributed by atoms with E-state index in [0.29, 0.717) is 45.7 Å². The Balaban J connectivity index is 1.95. The predicted octanol–water partition coefficient (Wildman–Crippen LogP) is -0.273. The van der Waals surface area contributed by atoms with Crippen LogP contribution in [0.3, 0.4) is 0 Å². The van der Waals surface area contributed by atoms with Gasteiger partial charge in [0.15, 0.2) is 0 Å². The zero-order valence-electron chi connectivity index (χ0n) is 12.2. The molecule has 2 fully saturated rings. The minimum Gasteiger partial charge on any atom is -0.381 e. The van der Waals surface area contributed by atoms with Crippen LogP contribution in [0.1, 0.15) is 25.7 Å². The van der Waals surface area contributed by atoms with Crippen LogP contribution in [0.4, 0.5) is 0 Å². The first-order valence-corrected chi connectivity index (χ1v) is 7.42. The molecule has 6 heteroatoms. The van der Waals surface area contributed by atoms with Gasteiger partial charge in [0, 0.05) is 45.8 Å². The number of nitrogens with one attached hydrogen (secondary N) is 1. The number of rotatable bonds is 3. The van der Waals surface area contributed by atoms with Gasteiger partial charge in [-0.2, -0.15) is 0 Å². The fourth-order valence-corrected chi connectivity index (χ4v) is 3.15. The van der Waals surface area contributed by atoms with Crippen molar-refractivity contribution in [1.29, 1.82) is 0 Å². The number of amides is 2. The number of nitrogens with two attached hydrogens (primary N) is 1. The fraction of sp³-hybridized carbons (Fsp3) is 0.857. The van der Waals surface area contributed by atoms with Gasteiger partial charge in [-0.05, 0) is 25.7 Å². The summed E-state index contributed by atoms with van der Waals surface area (Å²) in [7, 11) is 1.66. The van der Waals surface area contributed by atoms with Gasteiger partial charge in [0.05, 0.1) is 5.41 Å². The van der Waals surface area contributed by atoms with Crippen molar-refractivity contribution in [2.24, 2.45) is 17.1 Å². The number of hydrogen-bond acceptors (Lipinski definition) is 4. The molecule has 0 unspecified atom stereocenters. The quantitative estimate of drug-likeness (QED) is 0.746. The van der Waals surface area contributed by atoms with E-state index in [1.165, 1.54) is 0 Å². The Morgan fingerprint density at radius 1 is 1.30 bits per heavy atom. The van der Waals surface area contributed by atoms with Gasteiger partial charge in [0.25, 0.3) is 0 Å². The van der Waals surface area contributed by atoms with Gasteiger partial charge in [0.2, 0.25) is 11.8 Å². The van der Waals surface area contributed by atoms with Crippen LogP contribution in [0.2, 0.25) is 0 Å². The highest BCUT2D eigenvalue weighted by molar-refractivity contribution is 5.84. The molecule has 2 rings (SSSR count). The van der Waals surface area contributed by atoms with Crippen LogP contribution in [-0.2, 0) is 14.3 Å². The van der Waals surface area contributed by atoms with E-state index in [4.69, 9.17) is 10.5 Å². The van der Waals surface area contributed by atoms with Crippen molar-refractivity contribution in [3.8, 4) is 0 Å². The van der Waals surface area contributed by atoms with E-state index in [1.54, 1.807) is 7.05 Å². The van der Waals surface area contributed by atoms with Crippen LogP contribution in [-0.4, -0.2) is 56.6 Å². The summed E-state index contributed by atoms with van der Waals surface area (Å²) in [4.78, 5) is 26.2. The van der Waals surface area contributed by atoms with Crippen LogP contribution in [0.5, 0.6) is 0 Å². The second-order valence-corrected chi connectivity index (χ2v) is 5.78. The maximum Gasteiger partial charge on any atom is 0.230 e. The molecule has 0 spiro atoms. The molecule has 0 aromatic rings. The van der Waals surface area contributed by atoms with Crippen molar-refractivity contribution in [2.75, 3.05) is 39.9 Å². The van der Waals surface area contributed by atoms with E-state index in [0.717, 1.165) is 12.8 Å². The summed E-state index contributed by atoms with van der Waals surface area (Å²) in [5, 5.41) is 2.68. The Morgan fingerprint density at radius 3 is 2.40 bits per heavy atom. The van der Waals surface area contributed by atoms with Gasteiger partial charge < -0.3 is 20.7 Å². The third kappa shape index (κ3) is 2.96. The van der Waals surface area contributed by atoms with Crippen molar-refractivity contribution < 1.29 is 14.3 Å². The van der Waals surface area contributed by atoms with Gasteiger partial charge in [-0.3, -0.25) is 9.59 Å². The van der Waals surface area contributed by atoms with Crippen molar-refractivity contribution in [1.82, 2.24) is 10.2 Å². The summed E-state index contributed by atoms with van der Waals surface area (Å²) in [6, 6.07) is 0. The Hall–Kier alpha value is -1.14. The average Bonchev–Trinajstić information content (AvgIpc) is 2.54. The minimum absolute atomic E-state index is 0.0348. The highest BCUT2D eigenvalue weighted by Crippen LogP contribution is 2.33. The van der Waals surface area contributed by atoms with Gasteiger partial charge in [-0.25, -0.2) is 0 Å². The van der Waals surface area contributed by atoms with Crippen LogP contribution < -0.4 is 11.1 Å². The number of nitrogens with zero attached hydrogens (tertiary/aromatic N) is 1. The predicted molar refractivity (Wildman–Crippen MR) is 74.9 cm³/mol. The van der Waals surface area contributed by atoms with Crippen LogP contribution in [0.15, 0.2) is 0 Å². The molecule has 0 aromatic carbocycles. The second kappa shape index (κ2) is 6.54. The molecule has 20 heavy (non-hydrogen) atoms. The fourth-order valence-electron chi connectivity index (χ4n) is 3.15. The standard InChI is InChI=1S/C14H25N3O3/c1-16-12(18)11-2-6-17(7-3-11)13(19)14(10-15)4-8-20-9-5-14/h11H,2-10,15H2,1H3,(H,16,18). The Morgan fingerprint density at radius 2 is 1.90 bits per heavy atom. The van der Waals surface area contributed by atoms with E-state index in [2.05, 4.69) is 5.32 Å². The third-order valence-electron chi connectivity index (χ3n) is 4.69. The van der Waals surface area contributed by atoms with E-state index in [9.17, 15) is 9.59 Å². The SMILES string of the molecule is CNC(=O)C1CCN(C(=O)C2(CN)CCOCC2)CC1. The zero-order valence-corrected chi connectivity index (χ0v) is 12.2. The molecule has 6 nitrogen and oxygen atoms in total. The molecular formula is C14H25N3O3. The smallest absolute Gasteiger partial charge is 0.230 e. The van der Waals surface area contributed by atoms with Crippen molar-refractivity contribution >= 4 is 11.8 Å². The first-order chi connectivity index (χ1) is 9.63. The monoisotopic (exact) mass is 283 g/mol. The van der Waals surface area contributed by atoms with Gasteiger partial charge in [0.1, 0.15) is 0 Å². The lowest BCUT2D eigenvalue weighted by molar-refractivity contribution is -0.149. The molecule has 0 radical (unpaired) electrons. The van der Waals surface area contributed by atoms with E-state index in [-0.39, 0.29) is 17.7 Å². The number of piperidine rings is 1. The molecule has 114 valence electrons. The van der Waals surface area contributed by atoms with E-state index in [1.807, 2.05) is 4.90 Å². The summed E-state index contributed by atoms with van der Waals surface area (Å²) >= 11 is 0. The van der Waals surface area contributed by atoms with E-state index < -0.39 is 5.41 Å². The normalized spacial score (nSPS) is 23.4.